The zero-order chi connectivity index (χ0) is 24.4. The first-order valence-electron chi connectivity index (χ1n) is 10.9. The monoisotopic (exact) mass is 466 g/mol. The number of carbonyl (C=O) groups excluding carboxylic acids is 3. The van der Waals surface area contributed by atoms with Crippen LogP contribution in [0.3, 0.4) is 0 Å². The molecule has 34 heavy (non-hydrogen) atoms. The number of rotatable bonds is 7. The number of hydrogen-bond donors (Lipinski definition) is 1. The third-order valence-corrected chi connectivity index (χ3v) is 5.94. The maximum absolute atomic E-state index is 13.0. The number of nitrogens with zero attached hydrogens (tertiary/aromatic N) is 3. The molecule has 1 aliphatic heterocycles. The van der Waals surface area contributed by atoms with Crippen LogP contribution >= 0.6 is 0 Å². The van der Waals surface area contributed by atoms with E-state index in [1.807, 2.05) is 18.2 Å². The summed E-state index contributed by atoms with van der Waals surface area (Å²) < 4.78 is 13.7. The number of para-hydroxylation sites is 1. The van der Waals surface area contributed by atoms with Crippen molar-refractivity contribution >= 4 is 23.5 Å². The molecule has 2 atom stereocenters. The van der Waals surface area contributed by atoms with E-state index >= 15 is 0 Å². The zero-order valence-corrected chi connectivity index (χ0v) is 19.2. The average molecular weight is 466 g/mol. The molecule has 0 saturated carbocycles. The van der Waals surface area contributed by atoms with Crippen LogP contribution in [0, 0.1) is 12.8 Å². The Labute approximate surface area is 195 Å². The first kappa shape index (κ1) is 23.1. The molecule has 1 fully saturated rings. The minimum Gasteiger partial charge on any atom is -0.467 e. The highest BCUT2D eigenvalue weighted by atomic mass is 16.5. The van der Waals surface area contributed by atoms with Crippen molar-refractivity contribution in [2.75, 3.05) is 11.9 Å². The summed E-state index contributed by atoms with van der Waals surface area (Å²) in [5, 5.41) is 2.59. The number of esters is 1. The van der Waals surface area contributed by atoms with E-state index in [0.717, 1.165) is 0 Å². The van der Waals surface area contributed by atoms with Gasteiger partial charge in [-0.2, -0.15) is 0 Å². The molecule has 1 aromatic carbocycles. The normalized spacial score (nSPS) is 16.5. The maximum atomic E-state index is 13.0. The Morgan fingerprint density at radius 1 is 1.18 bits per heavy atom. The van der Waals surface area contributed by atoms with E-state index in [-0.39, 0.29) is 31.1 Å². The minimum atomic E-state index is -1.15. The van der Waals surface area contributed by atoms with Gasteiger partial charge in [0.1, 0.15) is 11.4 Å². The number of likely N-dealkylation sites (tertiary alicyclic amines) is 1. The minimum absolute atomic E-state index is 0.00740. The van der Waals surface area contributed by atoms with E-state index in [1.165, 1.54) is 22.8 Å². The summed E-state index contributed by atoms with van der Waals surface area (Å²) in [5.41, 5.74) is 0.923. The fourth-order valence-corrected chi connectivity index (χ4v) is 3.93. The third kappa shape index (κ3) is 4.52. The Hall–Kier alpha value is -4.08. The molecule has 0 spiro atoms. The zero-order valence-electron chi connectivity index (χ0n) is 19.2. The molecule has 2 aromatic heterocycles. The predicted octanol–water partition coefficient (Wildman–Crippen LogP) is 2.00. The van der Waals surface area contributed by atoms with Gasteiger partial charge in [0.05, 0.1) is 30.1 Å². The van der Waals surface area contributed by atoms with Crippen molar-refractivity contribution in [3.8, 4) is 5.69 Å². The van der Waals surface area contributed by atoms with E-state index in [1.54, 1.807) is 42.9 Å². The molecular weight excluding hydrogens is 440 g/mol. The average Bonchev–Trinajstić information content (AvgIpc) is 3.51. The van der Waals surface area contributed by atoms with Gasteiger partial charge in [0.2, 0.25) is 5.91 Å². The Kier molecular flexibility index (Phi) is 6.40. The fraction of sp³-hybridized carbons (Fsp3) is 0.333. The number of aromatic nitrogens is 2. The van der Waals surface area contributed by atoms with Crippen LogP contribution in [0.15, 0.2) is 57.9 Å². The Bertz CT molecular complexity index is 1260. The van der Waals surface area contributed by atoms with Crippen LogP contribution in [-0.2, 0) is 32.7 Å². The van der Waals surface area contributed by atoms with Gasteiger partial charge in [-0.3, -0.25) is 23.9 Å². The topological polar surface area (TPSA) is 116 Å². The Morgan fingerprint density at radius 2 is 1.91 bits per heavy atom. The number of amides is 2. The number of carbonyl (C=O) groups is 3. The lowest BCUT2D eigenvalue weighted by Crippen LogP contribution is -2.34. The van der Waals surface area contributed by atoms with E-state index in [0.29, 0.717) is 17.1 Å². The van der Waals surface area contributed by atoms with Gasteiger partial charge < -0.3 is 19.4 Å². The van der Waals surface area contributed by atoms with Crippen LogP contribution in [0.4, 0.5) is 5.69 Å². The number of benzene rings is 1. The van der Waals surface area contributed by atoms with Crippen molar-refractivity contribution in [1.29, 1.82) is 0 Å². The van der Waals surface area contributed by atoms with Gasteiger partial charge in [0.15, 0.2) is 6.10 Å². The molecule has 3 aromatic rings. The second-order valence-corrected chi connectivity index (χ2v) is 8.26. The van der Waals surface area contributed by atoms with Crippen molar-refractivity contribution in [2.45, 2.75) is 32.9 Å². The lowest BCUT2D eigenvalue weighted by atomic mass is 10.1. The molecule has 0 bridgehead atoms. The van der Waals surface area contributed by atoms with Crippen molar-refractivity contribution in [3.63, 3.8) is 0 Å². The molecule has 3 heterocycles. The number of hydrogen-bond acceptors (Lipinski definition) is 6. The fourth-order valence-electron chi connectivity index (χ4n) is 3.93. The van der Waals surface area contributed by atoms with Crippen molar-refractivity contribution in [3.05, 3.63) is 70.5 Å². The highest BCUT2D eigenvalue weighted by molar-refractivity contribution is 5.96. The summed E-state index contributed by atoms with van der Waals surface area (Å²) in [6.07, 6.45) is 0.379. The summed E-state index contributed by atoms with van der Waals surface area (Å²) in [4.78, 5) is 52.1. The van der Waals surface area contributed by atoms with Gasteiger partial charge >= 0.3 is 5.97 Å². The highest BCUT2D eigenvalue weighted by Crippen LogP contribution is 2.22. The summed E-state index contributed by atoms with van der Waals surface area (Å²) >= 11 is 0. The van der Waals surface area contributed by atoms with Gasteiger partial charge in [-0.25, -0.2) is 4.68 Å². The number of furan rings is 1. The molecule has 1 saturated heterocycles. The maximum Gasteiger partial charge on any atom is 0.312 e. The van der Waals surface area contributed by atoms with Gasteiger partial charge in [-0.05, 0) is 38.1 Å². The van der Waals surface area contributed by atoms with Crippen LogP contribution < -0.4 is 10.9 Å². The van der Waals surface area contributed by atoms with E-state index in [4.69, 9.17) is 9.15 Å². The lowest BCUT2D eigenvalue weighted by Gasteiger charge is -2.17. The second-order valence-electron chi connectivity index (χ2n) is 8.26. The van der Waals surface area contributed by atoms with Crippen LogP contribution in [0.25, 0.3) is 5.69 Å². The van der Waals surface area contributed by atoms with Crippen molar-refractivity contribution < 1.29 is 23.5 Å². The summed E-state index contributed by atoms with van der Waals surface area (Å²) in [7, 11) is 1.72. The van der Waals surface area contributed by atoms with Gasteiger partial charge in [0.25, 0.3) is 11.5 Å². The van der Waals surface area contributed by atoms with E-state index < -0.39 is 29.5 Å². The molecule has 10 heteroatoms. The van der Waals surface area contributed by atoms with Crippen molar-refractivity contribution in [1.82, 2.24) is 14.3 Å². The van der Waals surface area contributed by atoms with Gasteiger partial charge in [0, 0.05) is 20.0 Å². The number of nitrogens with one attached hydrogen (secondary N) is 1. The molecule has 10 nitrogen and oxygen atoms in total. The van der Waals surface area contributed by atoms with E-state index in [2.05, 4.69) is 5.32 Å². The predicted molar refractivity (Wildman–Crippen MR) is 122 cm³/mol. The highest BCUT2D eigenvalue weighted by Gasteiger charge is 2.37. The summed E-state index contributed by atoms with van der Waals surface area (Å²) in [6, 6.07) is 12.5. The van der Waals surface area contributed by atoms with Crippen LogP contribution in [0.1, 0.15) is 24.8 Å². The quantitative estimate of drug-likeness (QED) is 0.533. The first-order chi connectivity index (χ1) is 16.3. The summed E-state index contributed by atoms with van der Waals surface area (Å²) in [6.45, 7) is 3.60. The number of anilines is 1. The molecule has 0 aliphatic carbocycles. The Balaban J connectivity index is 1.39. The molecule has 178 valence electrons. The van der Waals surface area contributed by atoms with Gasteiger partial charge in [-0.1, -0.05) is 18.2 Å². The standard InChI is InChI=1S/C24H26N4O6/c1-15-21(23(31)28(26(15)3)18-8-5-4-6-9-18)25-22(30)16(2)34-24(32)17-12-20(29)27(13-17)14-19-10-7-11-33-19/h4-11,16-17H,12-14H2,1-3H3,(H,25,30)/t16-,17-/m1/s1. The SMILES string of the molecule is Cc1c(NC(=O)[C@@H](C)OC(=O)[C@@H]2CC(=O)N(Cc3ccco3)C2)c(=O)n(-c2ccccc2)n1C. The summed E-state index contributed by atoms with van der Waals surface area (Å²) in [5.74, 6) is -1.50. The van der Waals surface area contributed by atoms with Crippen molar-refractivity contribution in [2.24, 2.45) is 13.0 Å². The lowest BCUT2D eigenvalue weighted by molar-refractivity contribution is -0.157. The molecule has 0 radical (unpaired) electrons. The molecule has 1 N–H and O–H groups in total. The molecule has 4 rings (SSSR count). The third-order valence-electron chi connectivity index (χ3n) is 5.94. The molecule has 0 unspecified atom stereocenters. The smallest absolute Gasteiger partial charge is 0.312 e. The molecule has 2 amide bonds. The molecular formula is C24H26N4O6. The largest absolute Gasteiger partial charge is 0.467 e. The Morgan fingerprint density at radius 3 is 2.59 bits per heavy atom. The van der Waals surface area contributed by atoms with Crippen LogP contribution in [0.2, 0.25) is 0 Å². The van der Waals surface area contributed by atoms with Gasteiger partial charge in [-0.15, -0.1) is 0 Å². The number of ether oxygens (including phenoxy) is 1. The van der Waals surface area contributed by atoms with Crippen LogP contribution in [-0.4, -0.2) is 44.7 Å². The second kappa shape index (κ2) is 9.42. The van der Waals surface area contributed by atoms with Crippen LogP contribution in [0.5, 0.6) is 0 Å². The van der Waals surface area contributed by atoms with E-state index in [9.17, 15) is 19.2 Å². The molecule has 1 aliphatic rings. The first-order valence-corrected chi connectivity index (χ1v) is 10.9.